The topological polar surface area (TPSA) is 22.3 Å². The van der Waals surface area contributed by atoms with Crippen molar-refractivity contribution in [1.82, 2.24) is 0 Å². The van der Waals surface area contributed by atoms with E-state index in [9.17, 15) is 0 Å². The van der Waals surface area contributed by atoms with Crippen LogP contribution >= 0.6 is 0 Å². The van der Waals surface area contributed by atoms with E-state index in [2.05, 4.69) is 16.7 Å². The van der Waals surface area contributed by atoms with Crippen molar-refractivity contribution in [3.8, 4) is 11.5 Å². The van der Waals surface area contributed by atoms with Crippen LogP contribution < -0.4 is 14.0 Å². The molecule has 0 saturated carbocycles. The monoisotopic (exact) mass is 256 g/mol. The minimum Gasteiger partial charge on any atom is -0.493 e. The van der Waals surface area contributed by atoms with E-state index in [4.69, 9.17) is 9.47 Å². The molecule has 0 unspecified atom stereocenters. The van der Waals surface area contributed by atoms with Crippen LogP contribution in [0.15, 0.2) is 42.6 Å². The van der Waals surface area contributed by atoms with E-state index < -0.39 is 0 Å². The molecule has 0 fully saturated rings. The predicted molar refractivity (Wildman–Crippen MR) is 76.1 cm³/mol. The van der Waals surface area contributed by atoms with Crippen LogP contribution in [0, 0.1) is 0 Å². The first kappa shape index (κ1) is 13.1. The molecule has 0 aliphatic rings. The summed E-state index contributed by atoms with van der Waals surface area (Å²) in [6.45, 7) is 0. The van der Waals surface area contributed by atoms with E-state index in [-0.39, 0.29) is 0 Å². The van der Waals surface area contributed by atoms with Gasteiger partial charge in [0.05, 0.1) is 14.2 Å². The molecule has 1 aromatic carbocycles. The lowest BCUT2D eigenvalue weighted by atomic mass is 10.1. The summed E-state index contributed by atoms with van der Waals surface area (Å²) in [6, 6.07) is 11.9. The highest BCUT2D eigenvalue weighted by molar-refractivity contribution is 5.72. The summed E-state index contributed by atoms with van der Waals surface area (Å²) in [6.07, 6.45) is 6.09. The summed E-state index contributed by atoms with van der Waals surface area (Å²) in [5, 5.41) is 0. The largest absolute Gasteiger partial charge is 0.493 e. The summed E-state index contributed by atoms with van der Waals surface area (Å²) < 4.78 is 12.8. The zero-order chi connectivity index (χ0) is 13.7. The number of rotatable bonds is 4. The number of pyridine rings is 1. The average Bonchev–Trinajstić information content (AvgIpc) is 2.45. The Balaban J connectivity index is 2.36. The lowest BCUT2D eigenvalue weighted by Gasteiger charge is -2.09. The number of benzene rings is 1. The maximum absolute atomic E-state index is 5.40. The standard InChI is InChI=1S/C16H18NO2/c1-17-12-5-4-8-14(17)11-10-13-7-6-9-15(18-2)16(13)19-3/h4-12H,1-3H3/q+1/b11-10+. The Morgan fingerprint density at radius 3 is 2.47 bits per heavy atom. The number of hydrogen-bond acceptors (Lipinski definition) is 2. The molecule has 0 spiro atoms. The Labute approximate surface area is 113 Å². The van der Waals surface area contributed by atoms with Crippen molar-refractivity contribution in [1.29, 1.82) is 0 Å². The predicted octanol–water partition coefficient (Wildman–Crippen LogP) is 2.70. The molecule has 0 atom stereocenters. The molecular weight excluding hydrogens is 238 g/mol. The summed E-state index contributed by atoms with van der Waals surface area (Å²) in [7, 11) is 5.31. The van der Waals surface area contributed by atoms with Gasteiger partial charge in [-0.05, 0) is 18.2 Å². The lowest BCUT2D eigenvalue weighted by molar-refractivity contribution is -0.673. The quantitative estimate of drug-likeness (QED) is 0.785. The highest BCUT2D eigenvalue weighted by Gasteiger charge is 2.07. The number of ether oxygens (including phenoxy) is 2. The van der Waals surface area contributed by atoms with Gasteiger partial charge in [-0.1, -0.05) is 12.1 Å². The molecule has 0 bridgehead atoms. The van der Waals surface area contributed by atoms with Gasteiger partial charge >= 0.3 is 0 Å². The number of para-hydroxylation sites is 1. The molecular formula is C16H18NO2+. The van der Waals surface area contributed by atoms with Gasteiger partial charge in [-0.3, -0.25) is 0 Å². The van der Waals surface area contributed by atoms with Crippen molar-refractivity contribution in [3.05, 3.63) is 53.9 Å². The normalized spacial score (nSPS) is 10.7. The molecule has 0 amide bonds. The van der Waals surface area contributed by atoms with E-state index in [0.717, 1.165) is 22.8 Å². The van der Waals surface area contributed by atoms with Crippen molar-refractivity contribution in [3.63, 3.8) is 0 Å². The fraction of sp³-hybridized carbons (Fsp3) is 0.188. The van der Waals surface area contributed by atoms with Crippen LogP contribution in [0.25, 0.3) is 12.2 Å². The smallest absolute Gasteiger partial charge is 0.204 e. The van der Waals surface area contributed by atoms with Crippen LogP contribution in [0.1, 0.15) is 11.3 Å². The molecule has 0 radical (unpaired) electrons. The summed E-state index contributed by atoms with van der Waals surface area (Å²) in [4.78, 5) is 0. The van der Waals surface area contributed by atoms with Gasteiger partial charge in [-0.15, -0.1) is 0 Å². The lowest BCUT2D eigenvalue weighted by Crippen LogP contribution is -2.30. The van der Waals surface area contributed by atoms with Crippen molar-refractivity contribution in [2.75, 3.05) is 14.2 Å². The Morgan fingerprint density at radius 2 is 1.79 bits per heavy atom. The average molecular weight is 256 g/mol. The zero-order valence-corrected chi connectivity index (χ0v) is 11.5. The van der Waals surface area contributed by atoms with E-state index >= 15 is 0 Å². The second-order valence-corrected chi connectivity index (χ2v) is 4.15. The highest BCUT2D eigenvalue weighted by Crippen LogP contribution is 2.31. The fourth-order valence-corrected chi connectivity index (χ4v) is 1.93. The molecule has 1 heterocycles. The summed E-state index contributed by atoms with van der Waals surface area (Å²) >= 11 is 0. The van der Waals surface area contributed by atoms with Crippen molar-refractivity contribution in [2.24, 2.45) is 7.05 Å². The van der Waals surface area contributed by atoms with E-state index in [1.165, 1.54) is 0 Å². The van der Waals surface area contributed by atoms with Crippen LogP contribution in [0.4, 0.5) is 0 Å². The molecule has 19 heavy (non-hydrogen) atoms. The number of aromatic nitrogens is 1. The molecule has 0 saturated heterocycles. The minimum absolute atomic E-state index is 0.738. The Bertz CT molecular complexity index is 591. The van der Waals surface area contributed by atoms with E-state index in [0.29, 0.717) is 0 Å². The van der Waals surface area contributed by atoms with Gasteiger partial charge in [0.2, 0.25) is 5.69 Å². The molecule has 0 aliphatic carbocycles. The van der Waals surface area contributed by atoms with Gasteiger partial charge in [0.15, 0.2) is 17.7 Å². The van der Waals surface area contributed by atoms with Crippen LogP contribution in [0.5, 0.6) is 11.5 Å². The third-order valence-corrected chi connectivity index (χ3v) is 2.96. The SMILES string of the molecule is COc1cccc(/C=C/c2cccc[n+]2C)c1OC. The molecule has 2 rings (SSSR count). The van der Waals surface area contributed by atoms with Gasteiger partial charge < -0.3 is 9.47 Å². The van der Waals surface area contributed by atoms with E-state index in [1.807, 2.05) is 49.7 Å². The molecule has 0 N–H and O–H groups in total. The third-order valence-electron chi connectivity index (χ3n) is 2.96. The molecule has 1 aromatic heterocycles. The Kier molecular flexibility index (Phi) is 4.18. The maximum atomic E-state index is 5.40. The van der Waals surface area contributed by atoms with Crippen molar-refractivity contribution >= 4 is 12.2 Å². The van der Waals surface area contributed by atoms with Gasteiger partial charge in [0.25, 0.3) is 0 Å². The summed E-state index contributed by atoms with van der Waals surface area (Å²) in [5.74, 6) is 1.49. The first-order chi connectivity index (χ1) is 9.26. The van der Waals surface area contributed by atoms with Crippen LogP contribution in [-0.2, 0) is 7.05 Å². The number of nitrogens with zero attached hydrogens (tertiary/aromatic N) is 1. The highest BCUT2D eigenvalue weighted by atomic mass is 16.5. The second-order valence-electron chi connectivity index (χ2n) is 4.15. The molecule has 3 nitrogen and oxygen atoms in total. The van der Waals surface area contributed by atoms with Gasteiger partial charge in [0, 0.05) is 23.8 Å². The molecule has 98 valence electrons. The number of aryl methyl sites for hydroxylation is 1. The first-order valence-electron chi connectivity index (χ1n) is 6.10. The van der Waals surface area contributed by atoms with Crippen LogP contribution in [-0.4, -0.2) is 14.2 Å². The van der Waals surface area contributed by atoms with Crippen molar-refractivity contribution < 1.29 is 14.0 Å². The maximum Gasteiger partial charge on any atom is 0.204 e. The van der Waals surface area contributed by atoms with Crippen LogP contribution in [0.2, 0.25) is 0 Å². The van der Waals surface area contributed by atoms with Crippen LogP contribution in [0.3, 0.4) is 0 Å². The van der Waals surface area contributed by atoms with Gasteiger partial charge in [-0.25, -0.2) is 4.57 Å². The third kappa shape index (κ3) is 2.94. The first-order valence-corrected chi connectivity index (χ1v) is 6.10. The molecule has 0 aliphatic heterocycles. The number of methoxy groups -OCH3 is 2. The summed E-state index contributed by atoms with van der Waals surface area (Å²) in [5.41, 5.74) is 2.11. The fourth-order valence-electron chi connectivity index (χ4n) is 1.93. The Hall–Kier alpha value is -2.29. The minimum atomic E-state index is 0.738. The van der Waals surface area contributed by atoms with Gasteiger partial charge in [0.1, 0.15) is 7.05 Å². The van der Waals surface area contributed by atoms with Crippen molar-refractivity contribution in [2.45, 2.75) is 0 Å². The second kappa shape index (κ2) is 6.05. The Morgan fingerprint density at radius 1 is 0.947 bits per heavy atom. The zero-order valence-electron chi connectivity index (χ0n) is 11.5. The van der Waals surface area contributed by atoms with Gasteiger partial charge in [-0.2, -0.15) is 0 Å². The molecule has 2 aromatic rings. The van der Waals surface area contributed by atoms with E-state index in [1.54, 1.807) is 14.2 Å². The molecule has 3 heteroatoms. The number of hydrogen-bond donors (Lipinski definition) is 0.